The Kier molecular flexibility index (Phi) is 4.39. The molecule has 0 aliphatic rings. The summed E-state index contributed by atoms with van der Waals surface area (Å²) in [5.74, 6) is -0.000881. The van der Waals surface area contributed by atoms with Crippen LogP contribution in [0.4, 0.5) is 4.39 Å². The van der Waals surface area contributed by atoms with Crippen molar-refractivity contribution in [1.29, 1.82) is 0 Å². The number of carbonyl (C=O) groups excluding carboxylic acids is 1. The third kappa shape index (κ3) is 2.82. The fourth-order valence-electron chi connectivity index (χ4n) is 1.71. The van der Waals surface area contributed by atoms with E-state index in [9.17, 15) is 9.18 Å². The second-order valence-electron chi connectivity index (χ2n) is 4.22. The number of nitrogens with zero attached hydrogens (tertiary/aromatic N) is 3. The Hall–Kier alpha value is -1.89. The summed E-state index contributed by atoms with van der Waals surface area (Å²) >= 11 is 1.28. The van der Waals surface area contributed by atoms with Crippen molar-refractivity contribution >= 4 is 17.7 Å². The van der Waals surface area contributed by atoms with Gasteiger partial charge in [0.05, 0.1) is 10.8 Å². The van der Waals surface area contributed by atoms with Crippen LogP contribution in [0, 0.1) is 5.82 Å². The fraction of sp³-hybridized carbons (Fsp3) is 0.308. The van der Waals surface area contributed by atoms with E-state index < -0.39 is 0 Å². The first-order chi connectivity index (χ1) is 9.54. The molecule has 2 rings (SSSR count). The van der Waals surface area contributed by atoms with Gasteiger partial charge >= 0.3 is 0 Å². The second-order valence-corrected chi connectivity index (χ2v) is 5.53. The average molecular weight is 294 g/mol. The lowest BCUT2D eigenvalue weighted by atomic mass is 10.2. The maximum absolute atomic E-state index is 13.8. The number of hydrogen-bond donors (Lipinski definition) is 1. The minimum atomic E-state index is -0.348. The van der Waals surface area contributed by atoms with Crippen LogP contribution >= 0.6 is 11.8 Å². The number of aromatic nitrogens is 3. The molecule has 20 heavy (non-hydrogen) atoms. The lowest BCUT2D eigenvalue weighted by molar-refractivity contribution is -0.119. The summed E-state index contributed by atoms with van der Waals surface area (Å²) in [7, 11) is 3.33. The van der Waals surface area contributed by atoms with Crippen LogP contribution in [0.25, 0.3) is 11.4 Å². The van der Waals surface area contributed by atoms with Crippen LogP contribution in [0.1, 0.15) is 6.92 Å². The first-order valence-electron chi connectivity index (χ1n) is 6.07. The molecule has 1 N–H and O–H groups in total. The molecule has 1 atom stereocenters. The largest absolute Gasteiger partial charge is 0.358 e. The van der Waals surface area contributed by atoms with E-state index in [4.69, 9.17) is 0 Å². The maximum Gasteiger partial charge on any atom is 0.233 e. The number of benzene rings is 1. The maximum atomic E-state index is 13.8. The molecule has 0 saturated heterocycles. The zero-order valence-electron chi connectivity index (χ0n) is 11.4. The summed E-state index contributed by atoms with van der Waals surface area (Å²) < 4.78 is 15.4. The van der Waals surface area contributed by atoms with Crippen molar-refractivity contribution in [1.82, 2.24) is 20.1 Å². The van der Waals surface area contributed by atoms with Gasteiger partial charge in [-0.15, -0.1) is 10.2 Å². The van der Waals surface area contributed by atoms with Gasteiger partial charge in [-0.25, -0.2) is 4.39 Å². The summed E-state index contributed by atoms with van der Waals surface area (Å²) in [5, 5.41) is 10.9. The number of thioether (sulfide) groups is 1. The molecule has 7 heteroatoms. The first-order valence-corrected chi connectivity index (χ1v) is 6.95. The van der Waals surface area contributed by atoms with Gasteiger partial charge in [0.1, 0.15) is 5.82 Å². The highest BCUT2D eigenvalue weighted by atomic mass is 32.2. The van der Waals surface area contributed by atoms with Crippen LogP contribution in [0.5, 0.6) is 0 Å². The van der Waals surface area contributed by atoms with E-state index in [1.54, 1.807) is 43.8 Å². The van der Waals surface area contributed by atoms with Gasteiger partial charge in [0.15, 0.2) is 11.0 Å². The summed E-state index contributed by atoms with van der Waals surface area (Å²) in [4.78, 5) is 11.5. The van der Waals surface area contributed by atoms with Gasteiger partial charge in [-0.3, -0.25) is 4.79 Å². The molecule has 1 heterocycles. The normalized spacial score (nSPS) is 12.2. The smallest absolute Gasteiger partial charge is 0.233 e. The monoisotopic (exact) mass is 294 g/mol. The highest BCUT2D eigenvalue weighted by Gasteiger charge is 2.19. The molecule has 0 radical (unpaired) electrons. The minimum Gasteiger partial charge on any atom is -0.358 e. The van der Waals surface area contributed by atoms with E-state index in [0.717, 1.165) is 0 Å². The Bertz CT molecular complexity index is 629. The fourth-order valence-corrected chi connectivity index (χ4v) is 2.58. The highest BCUT2D eigenvalue weighted by molar-refractivity contribution is 8.00. The molecule has 1 aromatic carbocycles. The lowest BCUT2D eigenvalue weighted by Crippen LogP contribution is -2.27. The molecule has 0 aliphatic carbocycles. The van der Waals surface area contributed by atoms with Crippen molar-refractivity contribution < 1.29 is 9.18 Å². The number of hydrogen-bond acceptors (Lipinski definition) is 4. The van der Waals surface area contributed by atoms with Crippen LogP contribution in [-0.4, -0.2) is 33.0 Å². The summed E-state index contributed by atoms with van der Waals surface area (Å²) in [6.45, 7) is 1.78. The van der Waals surface area contributed by atoms with Crippen molar-refractivity contribution in [3.8, 4) is 11.4 Å². The predicted octanol–water partition coefficient (Wildman–Crippen LogP) is 1.85. The molecular weight excluding hydrogens is 279 g/mol. The molecule has 0 fully saturated rings. The van der Waals surface area contributed by atoms with Crippen LogP contribution < -0.4 is 5.32 Å². The standard InChI is InChI=1S/C13H15FN4OS/c1-8(12(19)15-2)20-13-17-16-11(18(13)3)9-6-4-5-7-10(9)14/h4-8H,1-3H3,(H,15,19)/t8-/m0/s1. The topological polar surface area (TPSA) is 59.8 Å². The zero-order valence-corrected chi connectivity index (χ0v) is 12.2. The molecule has 0 spiro atoms. The van der Waals surface area contributed by atoms with Gasteiger partial charge < -0.3 is 9.88 Å². The van der Waals surface area contributed by atoms with Gasteiger partial charge in [0.25, 0.3) is 0 Å². The number of carbonyl (C=O) groups is 1. The van der Waals surface area contributed by atoms with Crippen molar-refractivity contribution in [3.63, 3.8) is 0 Å². The Morgan fingerprint density at radius 1 is 1.40 bits per heavy atom. The second kappa shape index (κ2) is 6.04. The zero-order chi connectivity index (χ0) is 14.7. The first kappa shape index (κ1) is 14.5. The van der Waals surface area contributed by atoms with E-state index in [2.05, 4.69) is 15.5 Å². The minimum absolute atomic E-state index is 0.0922. The number of nitrogens with one attached hydrogen (secondary N) is 1. The molecule has 1 amide bonds. The van der Waals surface area contributed by atoms with Crippen LogP contribution in [0.3, 0.4) is 0 Å². The molecule has 5 nitrogen and oxygen atoms in total. The Labute approximate surface area is 120 Å². The van der Waals surface area contributed by atoms with Crippen molar-refractivity contribution in [3.05, 3.63) is 30.1 Å². The van der Waals surface area contributed by atoms with E-state index in [-0.39, 0.29) is 17.0 Å². The third-order valence-electron chi connectivity index (χ3n) is 2.85. The molecule has 0 saturated carbocycles. The van der Waals surface area contributed by atoms with E-state index in [1.165, 1.54) is 17.8 Å². The number of rotatable bonds is 4. The van der Waals surface area contributed by atoms with Crippen molar-refractivity contribution in [2.24, 2.45) is 7.05 Å². The van der Waals surface area contributed by atoms with Gasteiger partial charge in [0, 0.05) is 14.1 Å². The molecule has 2 aromatic rings. The van der Waals surface area contributed by atoms with Gasteiger partial charge in [-0.1, -0.05) is 23.9 Å². The molecule has 0 aliphatic heterocycles. The molecule has 106 valence electrons. The summed E-state index contributed by atoms with van der Waals surface area (Å²) in [6, 6.07) is 6.39. The quantitative estimate of drug-likeness (QED) is 0.874. The Morgan fingerprint density at radius 3 is 2.75 bits per heavy atom. The van der Waals surface area contributed by atoms with Crippen molar-refractivity contribution in [2.45, 2.75) is 17.3 Å². The molecule has 1 aromatic heterocycles. The van der Waals surface area contributed by atoms with Crippen LogP contribution in [-0.2, 0) is 11.8 Å². The number of halogens is 1. The summed E-state index contributed by atoms with van der Waals surface area (Å²) in [5.41, 5.74) is 0.391. The van der Waals surface area contributed by atoms with Crippen LogP contribution in [0.2, 0.25) is 0 Å². The molecular formula is C13H15FN4OS. The van der Waals surface area contributed by atoms with Gasteiger partial charge in [-0.2, -0.15) is 0 Å². The van der Waals surface area contributed by atoms with E-state index in [0.29, 0.717) is 16.5 Å². The third-order valence-corrected chi connectivity index (χ3v) is 3.98. The average Bonchev–Trinajstić information content (AvgIpc) is 2.80. The van der Waals surface area contributed by atoms with E-state index >= 15 is 0 Å². The highest BCUT2D eigenvalue weighted by Crippen LogP contribution is 2.26. The van der Waals surface area contributed by atoms with Crippen molar-refractivity contribution in [2.75, 3.05) is 7.05 Å². The summed E-state index contributed by atoms with van der Waals surface area (Å²) in [6.07, 6.45) is 0. The SMILES string of the molecule is CNC(=O)[C@H](C)Sc1nnc(-c2ccccc2F)n1C. The Morgan fingerprint density at radius 2 is 2.10 bits per heavy atom. The number of amides is 1. The molecule has 0 unspecified atom stereocenters. The molecule has 0 bridgehead atoms. The van der Waals surface area contributed by atoms with Crippen LogP contribution in [0.15, 0.2) is 29.4 Å². The van der Waals surface area contributed by atoms with Gasteiger partial charge in [0.2, 0.25) is 5.91 Å². The Balaban J connectivity index is 2.28. The predicted molar refractivity (Wildman–Crippen MR) is 75.8 cm³/mol. The van der Waals surface area contributed by atoms with Gasteiger partial charge in [-0.05, 0) is 19.1 Å². The lowest BCUT2D eigenvalue weighted by Gasteiger charge is -2.09. The van der Waals surface area contributed by atoms with E-state index in [1.807, 2.05) is 0 Å².